The van der Waals surface area contributed by atoms with Crippen molar-refractivity contribution < 1.29 is 9.53 Å². The number of aromatic nitrogens is 2. The van der Waals surface area contributed by atoms with Crippen molar-refractivity contribution in [2.75, 3.05) is 27.2 Å². The SMILES string of the molecule is CN(C)CC(=O)NCC[C@@]12CCCC[C@@H]1c1c([nH]c(=O)[nH]c1=O)O2. The Balaban J connectivity index is 1.76. The van der Waals surface area contributed by atoms with Crippen molar-refractivity contribution in [1.29, 1.82) is 0 Å². The molecule has 0 bridgehead atoms. The maximum atomic E-state index is 12.2. The molecule has 0 saturated heterocycles. The van der Waals surface area contributed by atoms with E-state index in [0.29, 0.717) is 31.0 Å². The number of fused-ring (bicyclic) bond motifs is 3. The van der Waals surface area contributed by atoms with Crippen molar-refractivity contribution in [3.8, 4) is 5.88 Å². The zero-order chi connectivity index (χ0) is 17.3. The summed E-state index contributed by atoms with van der Waals surface area (Å²) in [7, 11) is 3.68. The van der Waals surface area contributed by atoms with Crippen LogP contribution in [0, 0.1) is 0 Å². The molecule has 0 unspecified atom stereocenters. The van der Waals surface area contributed by atoms with E-state index in [0.717, 1.165) is 25.7 Å². The topological polar surface area (TPSA) is 107 Å². The minimum Gasteiger partial charge on any atom is -0.471 e. The molecule has 3 N–H and O–H groups in total. The fraction of sp³-hybridized carbons (Fsp3) is 0.688. The van der Waals surface area contributed by atoms with Crippen LogP contribution in [0.2, 0.25) is 0 Å². The third kappa shape index (κ3) is 3.10. The Kier molecular flexibility index (Phi) is 4.49. The lowest BCUT2D eigenvalue weighted by molar-refractivity contribution is -0.121. The van der Waals surface area contributed by atoms with Gasteiger partial charge in [0.15, 0.2) is 0 Å². The maximum absolute atomic E-state index is 12.2. The Bertz CT molecular complexity index is 738. The molecule has 2 aliphatic rings. The average molecular weight is 336 g/mol. The number of nitrogens with one attached hydrogen (secondary N) is 3. The zero-order valence-electron chi connectivity index (χ0n) is 14.1. The minimum atomic E-state index is -0.549. The first kappa shape index (κ1) is 16.8. The number of carbonyl (C=O) groups excluding carboxylic acids is 1. The first-order valence-corrected chi connectivity index (χ1v) is 8.38. The van der Waals surface area contributed by atoms with Crippen LogP contribution in [0.1, 0.15) is 43.6 Å². The second kappa shape index (κ2) is 6.43. The zero-order valence-corrected chi connectivity index (χ0v) is 14.1. The lowest BCUT2D eigenvalue weighted by Gasteiger charge is -2.38. The number of carbonyl (C=O) groups is 1. The molecule has 1 aliphatic carbocycles. The van der Waals surface area contributed by atoms with Crippen molar-refractivity contribution in [3.05, 3.63) is 26.4 Å². The Morgan fingerprint density at radius 3 is 2.88 bits per heavy atom. The van der Waals surface area contributed by atoms with E-state index in [1.807, 2.05) is 19.0 Å². The predicted octanol–water partition coefficient (Wildman–Crippen LogP) is -0.0801. The summed E-state index contributed by atoms with van der Waals surface area (Å²) in [6, 6.07) is 0. The number of aromatic amines is 2. The Morgan fingerprint density at radius 1 is 1.33 bits per heavy atom. The number of hydrogen-bond donors (Lipinski definition) is 3. The minimum absolute atomic E-state index is 0.0346. The van der Waals surface area contributed by atoms with Crippen LogP contribution in [0.15, 0.2) is 9.59 Å². The molecule has 1 amide bonds. The number of H-pyrrole nitrogens is 2. The first-order chi connectivity index (χ1) is 11.4. The van der Waals surface area contributed by atoms with Gasteiger partial charge < -0.3 is 15.0 Å². The Morgan fingerprint density at radius 2 is 2.12 bits per heavy atom. The monoisotopic (exact) mass is 336 g/mol. The van der Waals surface area contributed by atoms with Gasteiger partial charge in [0.1, 0.15) is 5.60 Å². The highest BCUT2D eigenvalue weighted by Gasteiger charge is 2.51. The normalized spacial score (nSPS) is 25.0. The second-order valence-electron chi connectivity index (χ2n) is 6.95. The van der Waals surface area contributed by atoms with Crippen molar-refractivity contribution >= 4 is 5.91 Å². The van der Waals surface area contributed by atoms with E-state index >= 15 is 0 Å². The number of likely N-dealkylation sites (N-methyl/N-ethyl adjacent to an activating group) is 1. The van der Waals surface area contributed by atoms with E-state index < -0.39 is 11.3 Å². The molecule has 2 heterocycles. The molecule has 1 aliphatic heterocycles. The summed E-state index contributed by atoms with van der Waals surface area (Å²) < 4.78 is 6.09. The molecule has 0 spiro atoms. The maximum Gasteiger partial charge on any atom is 0.328 e. The molecular weight excluding hydrogens is 312 g/mol. The standard InChI is InChI=1S/C16H24N4O4/c1-20(2)9-11(21)17-8-7-16-6-4-3-5-10(16)12-13(22)18-15(23)19-14(12)24-16/h10H,3-9H2,1-2H3,(H,17,21)(H2,18,19,22,23)/t10-,16+/m1/s1. The summed E-state index contributed by atoms with van der Waals surface area (Å²) in [5.74, 6) is 0.230. The van der Waals surface area contributed by atoms with Crippen LogP contribution < -0.4 is 21.3 Å². The quantitative estimate of drug-likeness (QED) is 0.697. The van der Waals surface area contributed by atoms with Gasteiger partial charge in [0.05, 0.1) is 12.1 Å². The van der Waals surface area contributed by atoms with Gasteiger partial charge in [-0.05, 0) is 33.4 Å². The van der Waals surface area contributed by atoms with E-state index in [-0.39, 0.29) is 17.4 Å². The number of nitrogens with zero attached hydrogens (tertiary/aromatic N) is 1. The van der Waals surface area contributed by atoms with Crippen LogP contribution >= 0.6 is 0 Å². The van der Waals surface area contributed by atoms with Crippen LogP contribution in [0.5, 0.6) is 5.88 Å². The van der Waals surface area contributed by atoms with E-state index in [1.165, 1.54) is 0 Å². The summed E-state index contributed by atoms with van der Waals surface area (Å²) in [6.07, 6.45) is 4.33. The summed E-state index contributed by atoms with van der Waals surface area (Å²) >= 11 is 0. The molecule has 24 heavy (non-hydrogen) atoms. The first-order valence-electron chi connectivity index (χ1n) is 8.38. The molecule has 1 aromatic rings. The van der Waals surface area contributed by atoms with Gasteiger partial charge in [-0.2, -0.15) is 0 Å². The van der Waals surface area contributed by atoms with Crippen LogP contribution in [0.25, 0.3) is 0 Å². The summed E-state index contributed by atoms with van der Waals surface area (Å²) in [5.41, 5.74) is -0.872. The van der Waals surface area contributed by atoms with Crippen LogP contribution in [0.4, 0.5) is 0 Å². The number of rotatable bonds is 5. The summed E-state index contributed by atoms with van der Waals surface area (Å²) in [6.45, 7) is 0.823. The lowest BCUT2D eigenvalue weighted by Crippen LogP contribution is -2.45. The lowest BCUT2D eigenvalue weighted by atomic mass is 9.72. The molecule has 3 rings (SSSR count). The van der Waals surface area contributed by atoms with Gasteiger partial charge in [0, 0.05) is 18.9 Å². The molecule has 1 fully saturated rings. The second-order valence-corrected chi connectivity index (χ2v) is 6.95. The predicted molar refractivity (Wildman–Crippen MR) is 88.4 cm³/mol. The highest BCUT2D eigenvalue weighted by atomic mass is 16.5. The highest BCUT2D eigenvalue weighted by Crippen LogP contribution is 2.51. The molecule has 2 atom stereocenters. The number of hydrogen-bond acceptors (Lipinski definition) is 5. The van der Waals surface area contributed by atoms with Gasteiger partial charge in [-0.25, -0.2) is 4.79 Å². The van der Waals surface area contributed by atoms with Crippen molar-refractivity contribution in [2.24, 2.45) is 0 Å². The molecule has 1 saturated carbocycles. The molecule has 132 valence electrons. The van der Waals surface area contributed by atoms with Gasteiger partial charge in [-0.1, -0.05) is 6.42 Å². The highest BCUT2D eigenvalue weighted by molar-refractivity contribution is 5.77. The van der Waals surface area contributed by atoms with Gasteiger partial charge in [0.25, 0.3) is 5.56 Å². The number of ether oxygens (including phenoxy) is 1. The fourth-order valence-electron chi connectivity index (χ4n) is 3.92. The van der Waals surface area contributed by atoms with Crippen molar-refractivity contribution in [1.82, 2.24) is 20.2 Å². The van der Waals surface area contributed by atoms with Gasteiger partial charge in [0.2, 0.25) is 11.8 Å². The molecule has 0 radical (unpaired) electrons. The van der Waals surface area contributed by atoms with E-state index in [2.05, 4.69) is 15.3 Å². The Labute approximate surface area is 139 Å². The van der Waals surface area contributed by atoms with Gasteiger partial charge >= 0.3 is 5.69 Å². The fourth-order valence-corrected chi connectivity index (χ4v) is 3.92. The third-order valence-corrected chi connectivity index (χ3v) is 4.91. The van der Waals surface area contributed by atoms with Gasteiger partial charge in [-0.3, -0.25) is 19.6 Å². The smallest absolute Gasteiger partial charge is 0.328 e. The summed E-state index contributed by atoms with van der Waals surface area (Å²) in [4.78, 5) is 42.2. The van der Waals surface area contributed by atoms with E-state index in [9.17, 15) is 14.4 Å². The largest absolute Gasteiger partial charge is 0.471 e. The molecule has 8 heteroatoms. The average Bonchev–Trinajstić information content (AvgIpc) is 2.80. The van der Waals surface area contributed by atoms with Crippen molar-refractivity contribution in [3.63, 3.8) is 0 Å². The Hall–Kier alpha value is -2.09. The number of amides is 1. The molecule has 8 nitrogen and oxygen atoms in total. The van der Waals surface area contributed by atoms with Crippen molar-refractivity contribution in [2.45, 2.75) is 43.6 Å². The molecular formula is C16H24N4O4. The molecule has 0 aromatic carbocycles. The van der Waals surface area contributed by atoms with E-state index in [1.54, 1.807) is 0 Å². The van der Waals surface area contributed by atoms with Crippen LogP contribution in [0.3, 0.4) is 0 Å². The summed E-state index contributed by atoms with van der Waals surface area (Å²) in [5, 5.41) is 2.90. The molecule has 1 aromatic heterocycles. The van der Waals surface area contributed by atoms with E-state index in [4.69, 9.17) is 4.74 Å². The van der Waals surface area contributed by atoms with Gasteiger partial charge in [-0.15, -0.1) is 0 Å². The third-order valence-electron chi connectivity index (χ3n) is 4.91. The van der Waals surface area contributed by atoms with Crippen LogP contribution in [-0.4, -0.2) is 53.6 Å². The van der Waals surface area contributed by atoms with Crippen LogP contribution in [-0.2, 0) is 4.79 Å².